The molecule has 0 radical (unpaired) electrons. The molecule has 5 heteroatoms. The van der Waals surface area contributed by atoms with Crippen LogP contribution in [0.25, 0.3) is 0 Å². The van der Waals surface area contributed by atoms with Gasteiger partial charge in [-0.1, -0.05) is 13.8 Å². The van der Waals surface area contributed by atoms with Crippen LogP contribution in [0.1, 0.15) is 41.5 Å². The highest BCUT2D eigenvalue weighted by Gasteiger charge is 2.33. The minimum Gasteiger partial charge on any atom is -0.444 e. The fourth-order valence-corrected chi connectivity index (χ4v) is 1.35. The third kappa shape index (κ3) is 5.37. The Hall–Kier alpha value is -0.810. The Morgan fingerprint density at radius 3 is 2.12 bits per heavy atom. The zero-order valence-corrected chi connectivity index (χ0v) is 12.0. The molecule has 0 rings (SSSR count). The Bertz CT molecular complexity index is 259. The summed E-state index contributed by atoms with van der Waals surface area (Å²) in [6.45, 7) is 11.8. The predicted molar refractivity (Wildman–Crippen MR) is 67.4 cm³/mol. The predicted octanol–water partition coefficient (Wildman–Crippen LogP) is 2.16. The molecule has 1 amide bonds. The van der Waals surface area contributed by atoms with E-state index in [1.54, 1.807) is 11.9 Å². The molecular formula is C12H26N2O3. The van der Waals surface area contributed by atoms with Crippen molar-refractivity contribution in [2.75, 3.05) is 13.7 Å². The first kappa shape index (κ1) is 16.2. The van der Waals surface area contributed by atoms with Crippen molar-refractivity contribution in [3.8, 4) is 0 Å². The molecule has 0 aromatic rings. The number of hydrogen-bond acceptors (Lipinski definition) is 4. The van der Waals surface area contributed by atoms with Gasteiger partial charge in [0.25, 0.3) is 0 Å². The zero-order valence-electron chi connectivity index (χ0n) is 12.0. The molecule has 0 spiro atoms. The molecule has 17 heavy (non-hydrogen) atoms. The average molecular weight is 246 g/mol. The van der Waals surface area contributed by atoms with Crippen LogP contribution in [0, 0.1) is 5.41 Å². The quantitative estimate of drug-likeness (QED) is 0.772. The lowest BCUT2D eigenvalue weighted by Crippen LogP contribution is -2.48. The zero-order chi connectivity index (χ0) is 13.9. The van der Waals surface area contributed by atoms with Crippen LogP contribution in [0.2, 0.25) is 0 Å². The Balaban J connectivity index is 4.59. The SMILES string of the molecule is CC(N(C)C(=O)OC(C)(C)C)C(C)(C)CON. The molecule has 1 atom stereocenters. The maximum Gasteiger partial charge on any atom is 0.410 e. The van der Waals surface area contributed by atoms with Gasteiger partial charge in [0.1, 0.15) is 5.60 Å². The highest BCUT2D eigenvalue weighted by atomic mass is 16.6. The molecule has 0 aliphatic heterocycles. The van der Waals surface area contributed by atoms with Gasteiger partial charge in [-0.3, -0.25) is 0 Å². The minimum atomic E-state index is -0.487. The summed E-state index contributed by atoms with van der Waals surface area (Å²) in [5.74, 6) is 5.10. The van der Waals surface area contributed by atoms with Gasteiger partial charge >= 0.3 is 6.09 Å². The second-order valence-corrected chi connectivity index (χ2v) is 6.07. The summed E-state index contributed by atoms with van der Waals surface area (Å²) in [4.78, 5) is 18.1. The maximum atomic E-state index is 11.9. The summed E-state index contributed by atoms with van der Waals surface area (Å²) in [5.41, 5.74) is -0.722. The van der Waals surface area contributed by atoms with Crippen LogP contribution in [0.5, 0.6) is 0 Å². The molecule has 0 heterocycles. The van der Waals surface area contributed by atoms with E-state index in [0.29, 0.717) is 6.61 Å². The molecule has 102 valence electrons. The fraction of sp³-hybridized carbons (Fsp3) is 0.917. The monoisotopic (exact) mass is 246 g/mol. The van der Waals surface area contributed by atoms with Gasteiger partial charge in [-0.2, -0.15) is 0 Å². The van der Waals surface area contributed by atoms with E-state index in [1.807, 2.05) is 41.5 Å². The number of amides is 1. The van der Waals surface area contributed by atoms with Gasteiger partial charge in [0, 0.05) is 18.5 Å². The topological polar surface area (TPSA) is 64.8 Å². The van der Waals surface area contributed by atoms with E-state index in [0.717, 1.165) is 0 Å². The number of ether oxygens (including phenoxy) is 1. The van der Waals surface area contributed by atoms with Gasteiger partial charge in [-0.25, -0.2) is 10.7 Å². The van der Waals surface area contributed by atoms with Crippen LogP contribution < -0.4 is 5.90 Å². The lowest BCUT2D eigenvalue weighted by Gasteiger charge is -2.37. The van der Waals surface area contributed by atoms with Crippen LogP contribution >= 0.6 is 0 Å². The summed E-state index contributed by atoms with van der Waals surface area (Å²) in [7, 11) is 1.72. The molecule has 1 unspecified atom stereocenters. The number of nitrogens with two attached hydrogens (primary N) is 1. The second kappa shape index (κ2) is 5.69. The second-order valence-electron chi connectivity index (χ2n) is 6.07. The Labute approximate surface area is 104 Å². The van der Waals surface area contributed by atoms with Crippen molar-refractivity contribution in [1.29, 1.82) is 0 Å². The van der Waals surface area contributed by atoms with E-state index in [4.69, 9.17) is 10.6 Å². The van der Waals surface area contributed by atoms with E-state index >= 15 is 0 Å². The molecule has 0 bridgehead atoms. The fourth-order valence-electron chi connectivity index (χ4n) is 1.35. The Kier molecular flexibility index (Phi) is 5.42. The van der Waals surface area contributed by atoms with Crippen molar-refractivity contribution < 1.29 is 14.4 Å². The summed E-state index contributed by atoms with van der Waals surface area (Å²) in [6, 6.07) is -0.0408. The third-order valence-corrected chi connectivity index (χ3v) is 2.85. The van der Waals surface area contributed by atoms with Gasteiger partial charge < -0.3 is 14.5 Å². The number of carbonyl (C=O) groups is 1. The highest BCUT2D eigenvalue weighted by molar-refractivity contribution is 5.68. The summed E-state index contributed by atoms with van der Waals surface area (Å²) in [5, 5.41) is 0. The third-order valence-electron chi connectivity index (χ3n) is 2.85. The Morgan fingerprint density at radius 1 is 1.29 bits per heavy atom. The highest BCUT2D eigenvalue weighted by Crippen LogP contribution is 2.25. The van der Waals surface area contributed by atoms with Crippen LogP contribution in [0.15, 0.2) is 0 Å². The van der Waals surface area contributed by atoms with Crippen LogP contribution in [0.4, 0.5) is 4.79 Å². The first-order valence-electron chi connectivity index (χ1n) is 5.79. The number of rotatable bonds is 4. The van der Waals surface area contributed by atoms with E-state index in [2.05, 4.69) is 4.84 Å². The summed E-state index contributed by atoms with van der Waals surface area (Å²) >= 11 is 0. The molecule has 2 N–H and O–H groups in total. The molecular weight excluding hydrogens is 220 g/mol. The summed E-state index contributed by atoms with van der Waals surface area (Å²) < 4.78 is 5.31. The first-order valence-corrected chi connectivity index (χ1v) is 5.79. The van der Waals surface area contributed by atoms with Gasteiger partial charge in [-0.15, -0.1) is 0 Å². The van der Waals surface area contributed by atoms with E-state index in [9.17, 15) is 4.79 Å². The van der Waals surface area contributed by atoms with Crippen molar-refractivity contribution in [3.63, 3.8) is 0 Å². The van der Waals surface area contributed by atoms with Crippen LogP contribution in [-0.4, -0.2) is 36.3 Å². The molecule has 0 aliphatic rings. The maximum absolute atomic E-state index is 11.9. The number of hydrogen-bond donors (Lipinski definition) is 1. The summed E-state index contributed by atoms with van der Waals surface area (Å²) in [6.07, 6.45) is -0.338. The average Bonchev–Trinajstić information content (AvgIpc) is 2.12. The molecule has 0 saturated carbocycles. The molecule has 0 saturated heterocycles. The molecule has 0 aromatic heterocycles. The van der Waals surface area contributed by atoms with Crippen LogP contribution in [-0.2, 0) is 9.57 Å². The molecule has 0 fully saturated rings. The van der Waals surface area contributed by atoms with E-state index in [1.165, 1.54) is 0 Å². The standard InChI is InChI=1S/C12H26N2O3/c1-9(12(5,6)8-16-13)14(7)10(15)17-11(2,3)4/h9H,8,13H2,1-7H3. The minimum absolute atomic E-state index is 0.0408. The van der Waals surface area contributed by atoms with Gasteiger partial charge in [0.05, 0.1) is 6.61 Å². The molecule has 0 aliphatic carbocycles. The number of carbonyl (C=O) groups excluding carboxylic acids is 1. The van der Waals surface area contributed by atoms with Gasteiger partial charge in [0.15, 0.2) is 0 Å². The number of nitrogens with zero attached hydrogens (tertiary/aromatic N) is 1. The normalized spacial score (nSPS) is 14.4. The smallest absolute Gasteiger partial charge is 0.410 e. The molecule has 0 aromatic carbocycles. The first-order chi connectivity index (χ1) is 7.51. The van der Waals surface area contributed by atoms with Crippen molar-refractivity contribution in [1.82, 2.24) is 4.90 Å². The van der Waals surface area contributed by atoms with E-state index in [-0.39, 0.29) is 17.6 Å². The largest absolute Gasteiger partial charge is 0.444 e. The van der Waals surface area contributed by atoms with Gasteiger partial charge in [-0.05, 0) is 27.7 Å². The van der Waals surface area contributed by atoms with Crippen LogP contribution in [0.3, 0.4) is 0 Å². The lowest BCUT2D eigenvalue weighted by molar-refractivity contribution is -0.0117. The van der Waals surface area contributed by atoms with Gasteiger partial charge in [0.2, 0.25) is 0 Å². The van der Waals surface area contributed by atoms with Crippen molar-refractivity contribution in [2.24, 2.45) is 11.3 Å². The lowest BCUT2D eigenvalue weighted by atomic mass is 9.86. The van der Waals surface area contributed by atoms with Crippen molar-refractivity contribution in [2.45, 2.75) is 53.2 Å². The Morgan fingerprint density at radius 2 is 1.76 bits per heavy atom. The molecule has 5 nitrogen and oxygen atoms in total. The van der Waals surface area contributed by atoms with Crippen molar-refractivity contribution >= 4 is 6.09 Å². The van der Waals surface area contributed by atoms with E-state index < -0.39 is 5.60 Å². The van der Waals surface area contributed by atoms with Crippen molar-refractivity contribution in [3.05, 3.63) is 0 Å².